The molecule has 1 saturated heterocycles. The summed E-state index contributed by atoms with van der Waals surface area (Å²) < 4.78 is 13.9. The van der Waals surface area contributed by atoms with Crippen molar-refractivity contribution in [2.75, 3.05) is 9.91 Å². The van der Waals surface area contributed by atoms with Gasteiger partial charge in [-0.1, -0.05) is 29.0 Å². The largest absolute Gasteiger partial charge is 0.271 e. The van der Waals surface area contributed by atoms with Gasteiger partial charge in [-0.05, 0) is 49.2 Å². The number of hydrogen-bond acceptors (Lipinski definition) is 5. The number of carbonyl (C=O) groups is 2. The first kappa shape index (κ1) is 16.7. The molecular formula is C18H14ClFN4O2. The lowest BCUT2D eigenvalue weighted by Gasteiger charge is -2.21. The lowest BCUT2D eigenvalue weighted by atomic mass is 10.1. The quantitative estimate of drug-likeness (QED) is 0.756. The second kappa shape index (κ2) is 5.88. The molecule has 0 radical (unpaired) electrons. The van der Waals surface area contributed by atoms with Crippen LogP contribution in [0.4, 0.5) is 15.8 Å². The van der Waals surface area contributed by atoms with E-state index in [1.807, 2.05) is 6.92 Å². The van der Waals surface area contributed by atoms with Crippen LogP contribution in [-0.2, 0) is 9.59 Å². The van der Waals surface area contributed by atoms with Crippen molar-refractivity contribution in [3.8, 4) is 0 Å². The molecule has 0 aliphatic carbocycles. The Labute approximate surface area is 153 Å². The summed E-state index contributed by atoms with van der Waals surface area (Å²) in [5, 5.41) is 9.85. The summed E-state index contributed by atoms with van der Waals surface area (Å²) in [5.74, 6) is -1.50. The summed E-state index contributed by atoms with van der Waals surface area (Å²) in [4.78, 5) is 26.6. The maximum atomic E-state index is 13.9. The van der Waals surface area contributed by atoms with E-state index in [4.69, 9.17) is 11.6 Å². The van der Waals surface area contributed by atoms with Gasteiger partial charge in [-0.3, -0.25) is 9.59 Å². The van der Waals surface area contributed by atoms with Gasteiger partial charge >= 0.3 is 0 Å². The van der Waals surface area contributed by atoms with E-state index in [1.54, 1.807) is 31.2 Å². The Morgan fingerprint density at radius 3 is 2.38 bits per heavy atom. The van der Waals surface area contributed by atoms with Crippen molar-refractivity contribution in [1.29, 1.82) is 0 Å². The van der Waals surface area contributed by atoms with Crippen LogP contribution in [0.3, 0.4) is 0 Å². The average molecular weight is 373 g/mol. The maximum Gasteiger partial charge on any atom is 0.263 e. The van der Waals surface area contributed by atoms with E-state index in [-0.39, 0.29) is 5.69 Å². The molecule has 26 heavy (non-hydrogen) atoms. The van der Waals surface area contributed by atoms with Crippen molar-refractivity contribution in [3.05, 3.63) is 58.4 Å². The molecule has 0 N–H and O–H groups in total. The molecule has 2 atom stereocenters. The van der Waals surface area contributed by atoms with E-state index in [2.05, 4.69) is 10.3 Å². The number of carbonyl (C=O) groups excluding carboxylic acids is 2. The third kappa shape index (κ3) is 2.39. The summed E-state index contributed by atoms with van der Waals surface area (Å²) in [7, 11) is 0. The zero-order valence-corrected chi connectivity index (χ0v) is 14.7. The summed E-state index contributed by atoms with van der Waals surface area (Å²) in [6.07, 6.45) is 0. The lowest BCUT2D eigenvalue weighted by molar-refractivity contribution is -0.121. The minimum Gasteiger partial charge on any atom is -0.271 e. The fraction of sp³-hybridized carbons (Fsp3) is 0.222. The highest BCUT2D eigenvalue weighted by molar-refractivity contribution is 6.31. The van der Waals surface area contributed by atoms with Gasteiger partial charge in [0.25, 0.3) is 11.8 Å². The van der Waals surface area contributed by atoms with Gasteiger partial charge in [-0.25, -0.2) is 14.3 Å². The van der Waals surface area contributed by atoms with Crippen LogP contribution in [0.2, 0.25) is 5.02 Å². The third-order valence-corrected chi connectivity index (χ3v) is 5.02. The number of imide groups is 1. The predicted octanol–water partition coefficient (Wildman–Crippen LogP) is 3.59. The summed E-state index contributed by atoms with van der Waals surface area (Å²) in [6, 6.07) is 7.62. The molecule has 0 spiro atoms. The number of fused-ring (bicyclic) bond motifs is 1. The molecule has 0 bridgehead atoms. The van der Waals surface area contributed by atoms with Crippen LogP contribution < -0.4 is 9.91 Å². The summed E-state index contributed by atoms with van der Waals surface area (Å²) >= 11 is 6.15. The Bertz CT molecular complexity index is 978. The van der Waals surface area contributed by atoms with Gasteiger partial charge in [-0.15, -0.1) is 0 Å². The number of amides is 2. The molecule has 2 aliphatic rings. The molecule has 1 fully saturated rings. The minimum atomic E-state index is -0.952. The molecular weight excluding hydrogens is 359 g/mol. The highest BCUT2D eigenvalue weighted by Gasteiger charge is 2.55. The van der Waals surface area contributed by atoms with Gasteiger partial charge in [0, 0.05) is 5.02 Å². The fourth-order valence-corrected chi connectivity index (χ4v) is 3.25. The van der Waals surface area contributed by atoms with Crippen LogP contribution in [0.1, 0.15) is 11.1 Å². The van der Waals surface area contributed by atoms with Crippen molar-refractivity contribution in [2.45, 2.75) is 25.9 Å². The van der Waals surface area contributed by atoms with Gasteiger partial charge in [0.15, 0.2) is 12.1 Å². The van der Waals surface area contributed by atoms with E-state index in [0.29, 0.717) is 16.3 Å². The average Bonchev–Trinajstić information content (AvgIpc) is 3.14. The van der Waals surface area contributed by atoms with Crippen molar-refractivity contribution >= 4 is 34.8 Å². The SMILES string of the molecule is Cc1ccc(N2C(=O)[C@H]3N=NN(c4ccc(C)c(Cl)c4)[C@@H]3C2=O)cc1F. The number of benzene rings is 2. The molecule has 2 amide bonds. The molecule has 0 saturated carbocycles. The van der Waals surface area contributed by atoms with E-state index in [9.17, 15) is 14.0 Å². The Morgan fingerprint density at radius 1 is 1.00 bits per heavy atom. The molecule has 0 aromatic heterocycles. The summed E-state index contributed by atoms with van der Waals surface area (Å²) in [5.41, 5.74) is 2.07. The molecule has 0 unspecified atom stereocenters. The van der Waals surface area contributed by atoms with Crippen molar-refractivity contribution in [3.63, 3.8) is 0 Å². The first-order chi connectivity index (χ1) is 12.4. The molecule has 132 valence electrons. The Balaban J connectivity index is 1.71. The van der Waals surface area contributed by atoms with Gasteiger partial charge < -0.3 is 0 Å². The minimum absolute atomic E-state index is 0.189. The van der Waals surface area contributed by atoms with Gasteiger partial charge in [-0.2, -0.15) is 5.11 Å². The number of hydrogen-bond donors (Lipinski definition) is 0. The third-order valence-electron chi connectivity index (χ3n) is 4.62. The van der Waals surface area contributed by atoms with Crippen molar-refractivity contribution in [2.24, 2.45) is 10.3 Å². The van der Waals surface area contributed by atoms with E-state index < -0.39 is 29.7 Å². The van der Waals surface area contributed by atoms with Crippen molar-refractivity contribution in [1.82, 2.24) is 0 Å². The highest BCUT2D eigenvalue weighted by Crippen LogP contribution is 2.36. The number of halogens is 2. The van der Waals surface area contributed by atoms with Crippen LogP contribution in [0.25, 0.3) is 0 Å². The highest BCUT2D eigenvalue weighted by atomic mass is 35.5. The first-order valence-electron chi connectivity index (χ1n) is 7.98. The Kier molecular flexibility index (Phi) is 3.77. The smallest absolute Gasteiger partial charge is 0.263 e. The van der Waals surface area contributed by atoms with Crippen LogP contribution >= 0.6 is 11.6 Å². The first-order valence-corrected chi connectivity index (χ1v) is 8.36. The van der Waals surface area contributed by atoms with Crippen molar-refractivity contribution < 1.29 is 14.0 Å². The Hall–Kier alpha value is -2.80. The van der Waals surface area contributed by atoms with E-state index in [1.165, 1.54) is 17.1 Å². The standard InChI is InChI=1S/C18H14ClFN4O2/c1-9-3-6-12(7-13(9)19)24-16-15(21-22-24)17(25)23(18(16)26)11-5-4-10(2)14(20)8-11/h3-8,15-16H,1-2H3/t15-,16-/m0/s1. The normalized spacial score (nSPS) is 21.7. The number of aryl methyl sites for hydroxylation is 2. The molecule has 2 heterocycles. The zero-order valence-electron chi connectivity index (χ0n) is 14.0. The van der Waals surface area contributed by atoms with Gasteiger partial charge in [0.2, 0.25) is 0 Å². The van der Waals surface area contributed by atoms with Crippen LogP contribution in [0.5, 0.6) is 0 Å². The summed E-state index contributed by atoms with van der Waals surface area (Å²) in [6.45, 7) is 3.47. The second-order valence-corrected chi connectivity index (χ2v) is 6.73. The monoisotopic (exact) mass is 372 g/mol. The zero-order chi connectivity index (χ0) is 18.6. The molecule has 2 aromatic carbocycles. The molecule has 4 rings (SSSR count). The van der Waals surface area contributed by atoms with Gasteiger partial charge in [0.05, 0.1) is 11.4 Å². The van der Waals surface area contributed by atoms with Crippen LogP contribution in [0.15, 0.2) is 46.7 Å². The predicted molar refractivity (Wildman–Crippen MR) is 94.7 cm³/mol. The fourth-order valence-electron chi connectivity index (χ4n) is 3.07. The molecule has 6 nitrogen and oxygen atoms in total. The van der Waals surface area contributed by atoms with E-state index in [0.717, 1.165) is 10.5 Å². The number of nitrogens with zero attached hydrogens (tertiary/aromatic N) is 4. The maximum absolute atomic E-state index is 13.9. The lowest BCUT2D eigenvalue weighted by Crippen LogP contribution is -2.40. The van der Waals surface area contributed by atoms with Crippen LogP contribution in [0, 0.1) is 19.7 Å². The van der Waals surface area contributed by atoms with Gasteiger partial charge in [0.1, 0.15) is 5.82 Å². The second-order valence-electron chi connectivity index (χ2n) is 6.32. The molecule has 8 heteroatoms. The number of rotatable bonds is 2. The number of anilines is 2. The Morgan fingerprint density at radius 2 is 1.69 bits per heavy atom. The topological polar surface area (TPSA) is 65.3 Å². The molecule has 2 aromatic rings. The molecule has 2 aliphatic heterocycles. The van der Waals surface area contributed by atoms with E-state index >= 15 is 0 Å². The van der Waals surface area contributed by atoms with Crippen LogP contribution in [-0.4, -0.2) is 23.9 Å².